The van der Waals surface area contributed by atoms with Gasteiger partial charge in [-0.2, -0.15) is 0 Å². The molecule has 1 aliphatic carbocycles. The number of halogens is 1. The van der Waals surface area contributed by atoms with Crippen LogP contribution in [0.15, 0.2) is 24.3 Å². The molecule has 0 aromatic heterocycles. The molecule has 0 amide bonds. The summed E-state index contributed by atoms with van der Waals surface area (Å²) in [7, 11) is 0. The van der Waals surface area contributed by atoms with E-state index in [2.05, 4.69) is 12.2 Å². The van der Waals surface area contributed by atoms with Crippen molar-refractivity contribution in [3.63, 3.8) is 0 Å². The number of β-amino-alcohol motifs (C(OH)–C–C–N with tert-alkyl or cyclic N) is 1. The monoisotopic (exact) mass is 251 g/mol. The topological polar surface area (TPSA) is 32.3 Å². The van der Waals surface area contributed by atoms with Crippen molar-refractivity contribution in [2.45, 2.75) is 50.7 Å². The molecule has 100 valence electrons. The molecule has 2 rings (SSSR count). The molecular weight excluding hydrogens is 229 g/mol. The zero-order chi connectivity index (χ0) is 13.0. The summed E-state index contributed by atoms with van der Waals surface area (Å²) in [6, 6.07) is 6.19. The van der Waals surface area contributed by atoms with Crippen LogP contribution in [0, 0.1) is 5.82 Å². The largest absolute Gasteiger partial charge is 0.387 e. The summed E-state index contributed by atoms with van der Waals surface area (Å²) in [5, 5.41) is 13.5. The molecule has 1 fully saturated rings. The van der Waals surface area contributed by atoms with Crippen LogP contribution in [0.3, 0.4) is 0 Å². The number of benzene rings is 1. The van der Waals surface area contributed by atoms with Crippen molar-refractivity contribution in [1.82, 2.24) is 5.32 Å². The fourth-order valence-electron chi connectivity index (χ4n) is 2.68. The van der Waals surface area contributed by atoms with Gasteiger partial charge in [0.25, 0.3) is 0 Å². The van der Waals surface area contributed by atoms with Crippen LogP contribution in [0.4, 0.5) is 4.39 Å². The van der Waals surface area contributed by atoms with Crippen LogP contribution in [0.1, 0.15) is 50.7 Å². The van der Waals surface area contributed by atoms with Gasteiger partial charge in [0.05, 0.1) is 6.10 Å². The van der Waals surface area contributed by atoms with Gasteiger partial charge >= 0.3 is 0 Å². The number of hydrogen-bond acceptors (Lipinski definition) is 2. The molecule has 2 nitrogen and oxygen atoms in total. The number of rotatable bonds is 4. The van der Waals surface area contributed by atoms with Gasteiger partial charge in [-0.3, -0.25) is 0 Å². The molecule has 1 saturated carbocycles. The highest BCUT2D eigenvalue weighted by atomic mass is 19.1. The minimum atomic E-state index is -0.639. The maximum atomic E-state index is 13.1. The van der Waals surface area contributed by atoms with Gasteiger partial charge in [-0.1, -0.05) is 31.4 Å². The smallest absolute Gasteiger partial charge is 0.123 e. The third-order valence-corrected chi connectivity index (χ3v) is 3.91. The third-order valence-electron chi connectivity index (χ3n) is 3.91. The first-order valence-corrected chi connectivity index (χ1v) is 6.78. The van der Waals surface area contributed by atoms with Crippen molar-refractivity contribution in [3.8, 4) is 0 Å². The lowest BCUT2D eigenvalue weighted by molar-refractivity contribution is 0.146. The molecule has 0 aliphatic heterocycles. The Bertz CT molecular complexity index is 388. The van der Waals surface area contributed by atoms with E-state index in [0.29, 0.717) is 12.1 Å². The Morgan fingerprint density at radius 2 is 2.06 bits per heavy atom. The van der Waals surface area contributed by atoms with E-state index in [1.807, 2.05) is 0 Å². The highest BCUT2D eigenvalue weighted by molar-refractivity contribution is 5.19. The summed E-state index contributed by atoms with van der Waals surface area (Å²) >= 11 is 0. The number of hydrogen-bond donors (Lipinski definition) is 2. The molecule has 1 aromatic rings. The van der Waals surface area contributed by atoms with E-state index in [1.165, 1.54) is 31.4 Å². The highest BCUT2D eigenvalue weighted by Crippen LogP contribution is 2.28. The Kier molecular flexibility index (Phi) is 4.36. The van der Waals surface area contributed by atoms with Gasteiger partial charge in [-0.05, 0) is 37.5 Å². The van der Waals surface area contributed by atoms with Crippen LogP contribution >= 0.6 is 0 Å². The van der Waals surface area contributed by atoms with Gasteiger partial charge in [-0.15, -0.1) is 0 Å². The molecular formula is C15H22FNO. The Hall–Kier alpha value is -0.930. The Morgan fingerprint density at radius 1 is 1.33 bits per heavy atom. The predicted molar refractivity (Wildman–Crippen MR) is 70.9 cm³/mol. The first-order valence-electron chi connectivity index (χ1n) is 6.78. The molecule has 0 spiro atoms. The molecule has 0 bridgehead atoms. The second-order valence-electron chi connectivity index (χ2n) is 5.57. The molecule has 0 saturated heterocycles. The Labute approximate surface area is 108 Å². The Balaban J connectivity index is 1.89. The minimum Gasteiger partial charge on any atom is -0.387 e. The Morgan fingerprint density at radius 3 is 2.72 bits per heavy atom. The van der Waals surface area contributed by atoms with E-state index in [9.17, 15) is 9.50 Å². The van der Waals surface area contributed by atoms with Crippen molar-refractivity contribution in [2.24, 2.45) is 0 Å². The van der Waals surface area contributed by atoms with E-state index < -0.39 is 6.10 Å². The summed E-state index contributed by atoms with van der Waals surface area (Å²) in [5.41, 5.74) is 0.772. The standard InChI is InChI=1S/C15H22FNO/c1-15(8-3-2-4-9-15)17-11-14(18)12-6-5-7-13(16)10-12/h5-7,10,14,17-18H,2-4,8-9,11H2,1H3. The fraction of sp³-hybridized carbons (Fsp3) is 0.600. The number of aliphatic hydroxyl groups excluding tert-OH is 1. The number of aliphatic hydroxyl groups is 1. The fourth-order valence-corrected chi connectivity index (χ4v) is 2.68. The van der Waals surface area contributed by atoms with Gasteiger partial charge in [0.1, 0.15) is 5.82 Å². The van der Waals surface area contributed by atoms with Crippen molar-refractivity contribution in [3.05, 3.63) is 35.6 Å². The molecule has 1 aliphatic rings. The van der Waals surface area contributed by atoms with Crippen molar-refractivity contribution >= 4 is 0 Å². The molecule has 1 atom stereocenters. The van der Waals surface area contributed by atoms with Crippen molar-refractivity contribution in [1.29, 1.82) is 0 Å². The summed E-state index contributed by atoms with van der Waals surface area (Å²) in [4.78, 5) is 0. The first kappa shape index (κ1) is 13.5. The molecule has 3 heteroatoms. The van der Waals surface area contributed by atoms with E-state index in [0.717, 1.165) is 12.8 Å². The van der Waals surface area contributed by atoms with Crippen LogP contribution in [-0.2, 0) is 0 Å². The van der Waals surface area contributed by atoms with E-state index in [-0.39, 0.29) is 11.4 Å². The second-order valence-corrected chi connectivity index (χ2v) is 5.57. The lowest BCUT2D eigenvalue weighted by Gasteiger charge is -2.35. The lowest BCUT2D eigenvalue weighted by Crippen LogP contribution is -2.45. The molecule has 0 heterocycles. The van der Waals surface area contributed by atoms with Gasteiger partial charge in [0, 0.05) is 12.1 Å². The summed E-state index contributed by atoms with van der Waals surface area (Å²) < 4.78 is 13.1. The lowest BCUT2D eigenvalue weighted by atomic mass is 9.83. The maximum Gasteiger partial charge on any atom is 0.123 e. The van der Waals surface area contributed by atoms with E-state index in [4.69, 9.17) is 0 Å². The van der Waals surface area contributed by atoms with Crippen LogP contribution in [0.25, 0.3) is 0 Å². The molecule has 1 unspecified atom stereocenters. The normalized spacial score (nSPS) is 20.6. The third kappa shape index (κ3) is 3.53. The summed E-state index contributed by atoms with van der Waals surface area (Å²) in [6.07, 6.45) is 5.48. The van der Waals surface area contributed by atoms with Gasteiger partial charge in [0.2, 0.25) is 0 Å². The van der Waals surface area contributed by atoms with Crippen LogP contribution in [0.5, 0.6) is 0 Å². The average molecular weight is 251 g/mol. The molecule has 18 heavy (non-hydrogen) atoms. The van der Waals surface area contributed by atoms with Gasteiger partial charge < -0.3 is 10.4 Å². The highest BCUT2D eigenvalue weighted by Gasteiger charge is 2.26. The number of nitrogens with one attached hydrogen (secondary N) is 1. The van der Waals surface area contributed by atoms with Gasteiger partial charge in [-0.25, -0.2) is 4.39 Å². The van der Waals surface area contributed by atoms with Crippen LogP contribution in [-0.4, -0.2) is 17.2 Å². The molecule has 0 radical (unpaired) electrons. The summed E-state index contributed by atoms with van der Waals surface area (Å²) in [6.45, 7) is 2.70. The van der Waals surface area contributed by atoms with Crippen molar-refractivity contribution in [2.75, 3.05) is 6.54 Å². The van der Waals surface area contributed by atoms with E-state index in [1.54, 1.807) is 12.1 Å². The van der Waals surface area contributed by atoms with Crippen molar-refractivity contribution < 1.29 is 9.50 Å². The van der Waals surface area contributed by atoms with Crippen LogP contribution < -0.4 is 5.32 Å². The molecule has 1 aromatic carbocycles. The van der Waals surface area contributed by atoms with Crippen LogP contribution in [0.2, 0.25) is 0 Å². The second kappa shape index (κ2) is 5.81. The average Bonchev–Trinajstić information content (AvgIpc) is 2.37. The quantitative estimate of drug-likeness (QED) is 0.861. The SMILES string of the molecule is CC1(NCC(O)c2cccc(F)c2)CCCCC1. The maximum absolute atomic E-state index is 13.1. The minimum absolute atomic E-state index is 0.132. The molecule has 2 N–H and O–H groups in total. The van der Waals surface area contributed by atoms with E-state index >= 15 is 0 Å². The van der Waals surface area contributed by atoms with Gasteiger partial charge in [0.15, 0.2) is 0 Å². The predicted octanol–water partition coefficient (Wildman–Crippen LogP) is 3.17. The first-order chi connectivity index (χ1) is 8.59. The zero-order valence-electron chi connectivity index (χ0n) is 11.0. The zero-order valence-corrected chi connectivity index (χ0v) is 11.0. The summed E-state index contributed by atoms with van der Waals surface area (Å²) in [5.74, 6) is -0.296.